The SMILES string of the molecule is CN1CCCC1=O.O=C([O-])[O-].[Li+].[Li+]. The van der Waals surface area contributed by atoms with Crippen molar-refractivity contribution in [3.63, 3.8) is 0 Å². The molecule has 1 amide bonds. The Labute approximate surface area is 101 Å². The van der Waals surface area contributed by atoms with Gasteiger partial charge in [0.2, 0.25) is 5.91 Å². The summed E-state index contributed by atoms with van der Waals surface area (Å²) in [5, 5.41) is 16.7. The Morgan fingerprint density at radius 2 is 1.77 bits per heavy atom. The monoisotopic (exact) mass is 173 g/mol. The van der Waals surface area contributed by atoms with Crippen LogP contribution in [0.5, 0.6) is 0 Å². The van der Waals surface area contributed by atoms with E-state index in [1.165, 1.54) is 0 Å². The van der Waals surface area contributed by atoms with Gasteiger partial charge < -0.3 is 19.9 Å². The number of hydrogen-bond acceptors (Lipinski definition) is 4. The first-order chi connectivity index (χ1) is 5.04. The van der Waals surface area contributed by atoms with E-state index >= 15 is 0 Å². The third kappa shape index (κ3) is 11.9. The van der Waals surface area contributed by atoms with Crippen molar-refractivity contribution in [3.05, 3.63) is 0 Å². The van der Waals surface area contributed by atoms with Gasteiger partial charge in [-0.2, -0.15) is 0 Å². The van der Waals surface area contributed by atoms with E-state index in [0.717, 1.165) is 19.4 Å². The quantitative estimate of drug-likeness (QED) is 0.340. The minimum Gasteiger partial charge on any atom is -0.652 e. The molecular formula is C6H9Li2NO4. The number of carbonyl (C=O) groups excluding carboxylic acids is 2. The van der Waals surface area contributed by atoms with Gasteiger partial charge in [-0.25, -0.2) is 0 Å². The summed E-state index contributed by atoms with van der Waals surface area (Å²) in [7, 11) is 1.84. The minimum atomic E-state index is -2.33. The van der Waals surface area contributed by atoms with Gasteiger partial charge in [-0.1, -0.05) is 0 Å². The second kappa shape index (κ2) is 10.0. The molecule has 13 heavy (non-hydrogen) atoms. The van der Waals surface area contributed by atoms with Gasteiger partial charge in [0.25, 0.3) is 0 Å². The molecule has 0 saturated carbocycles. The van der Waals surface area contributed by atoms with Crippen molar-refractivity contribution in [2.24, 2.45) is 0 Å². The van der Waals surface area contributed by atoms with Crippen LogP contribution in [0.3, 0.4) is 0 Å². The molecule has 0 unspecified atom stereocenters. The molecule has 1 aliphatic heterocycles. The van der Waals surface area contributed by atoms with Crippen LogP contribution >= 0.6 is 0 Å². The molecule has 1 rings (SSSR count). The molecule has 7 heteroatoms. The van der Waals surface area contributed by atoms with Gasteiger partial charge in [-0.15, -0.1) is 0 Å². The number of carboxylic acid groups (broad SMARTS) is 2. The Morgan fingerprint density at radius 1 is 1.38 bits per heavy atom. The fourth-order valence-electron chi connectivity index (χ4n) is 0.783. The van der Waals surface area contributed by atoms with Crippen LogP contribution in [0.2, 0.25) is 0 Å². The summed E-state index contributed by atoms with van der Waals surface area (Å²) >= 11 is 0. The molecule has 0 atom stereocenters. The van der Waals surface area contributed by atoms with Crippen molar-refractivity contribution in [2.75, 3.05) is 13.6 Å². The van der Waals surface area contributed by atoms with E-state index in [1.54, 1.807) is 4.90 Å². The number of nitrogens with zero attached hydrogens (tertiary/aromatic N) is 1. The van der Waals surface area contributed by atoms with Crippen LogP contribution < -0.4 is 47.9 Å². The Morgan fingerprint density at radius 3 is 1.85 bits per heavy atom. The summed E-state index contributed by atoms with van der Waals surface area (Å²) in [5.41, 5.74) is 0. The Kier molecular flexibility index (Phi) is 14.4. The Balaban J connectivity index is -0.000000150. The Hall–Kier alpha value is -0.0652. The molecule has 64 valence electrons. The number of hydrogen-bond donors (Lipinski definition) is 0. The smallest absolute Gasteiger partial charge is 0.652 e. The van der Waals surface area contributed by atoms with Crippen molar-refractivity contribution >= 4 is 12.1 Å². The first-order valence-corrected chi connectivity index (χ1v) is 3.16. The van der Waals surface area contributed by atoms with Crippen molar-refractivity contribution in [1.82, 2.24) is 4.90 Å². The number of rotatable bonds is 0. The van der Waals surface area contributed by atoms with Crippen LogP contribution in [0.25, 0.3) is 0 Å². The van der Waals surface area contributed by atoms with Crippen molar-refractivity contribution in [1.29, 1.82) is 0 Å². The zero-order chi connectivity index (χ0) is 8.85. The molecule has 0 aromatic rings. The van der Waals surface area contributed by atoms with E-state index in [9.17, 15) is 4.79 Å². The van der Waals surface area contributed by atoms with E-state index in [1.807, 2.05) is 7.05 Å². The van der Waals surface area contributed by atoms with Gasteiger partial charge in [0.05, 0.1) is 0 Å². The van der Waals surface area contributed by atoms with Crippen LogP contribution in [-0.2, 0) is 4.79 Å². The fraction of sp³-hybridized carbons (Fsp3) is 0.667. The Bertz CT molecular complexity index is 161. The standard InChI is InChI=1S/C5H9NO.CH2O3.2Li/c1-6-4-2-3-5(6)7;2-1(3)4;;/h2-4H2,1H3;(H2,2,3,4);;/q;;2*+1/p-2. The summed E-state index contributed by atoms with van der Waals surface area (Å²) in [6.07, 6.45) is -0.522. The van der Waals surface area contributed by atoms with Gasteiger partial charge in [0, 0.05) is 20.0 Å². The van der Waals surface area contributed by atoms with E-state index in [0.29, 0.717) is 5.91 Å². The molecule has 1 heterocycles. The molecule has 0 spiro atoms. The zero-order valence-corrected chi connectivity index (χ0v) is 8.20. The molecule has 0 aromatic heterocycles. The van der Waals surface area contributed by atoms with Gasteiger partial charge >= 0.3 is 37.7 Å². The average molecular weight is 173 g/mol. The van der Waals surface area contributed by atoms with Crippen LogP contribution in [0, 0.1) is 0 Å². The molecule has 0 aromatic carbocycles. The number of carbonyl (C=O) groups is 2. The van der Waals surface area contributed by atoms with Crippen molar-refractivity contribution in [2.45, 2.75) is 12.8 Å². The molecular weight excluding hydrogens is 164 g/mol. The minimum absolute atomic E-state index is 0. The molecule has 0 radical (unpaired) electrons. The largest absolute Gasteiger partial charge is 1.00 e. The number of amides is 1. The third-order valence-electron chi connectivity index (χ3n) is 1.31. The van der Waals surface area contributed by atoms with Crippen molar-refractivity contribution < 1.29 is 57.5 Å². The van der Waals surface area contributed by atoms with Crippen LogP contribution in [0.1, 0.15) is 12.8 Å². The van der Waals surface area contributed by atoms with Crippen LogP contribution in [0.4, 0.5) is 4.79 Å². The maximum atomic E-state index is 10.5. The molecule has 1 aliphatic rings. The van der Waals surface area contributed by atoms with E-state index in [2.05, 4.69) is 0 Å². The normalized spacial score (nSPS) is 13.3. The average Bonchev–Trinajstić information content (AvgIpc) is 2.15. The third-order valence-corrected chi connectivity index (χ3v) is 1.31. The second-order valence-electron chi connectivity index (χ2n) is 2.17. The summed E-state index contributed by atoms with van der Waals surface area (Å²) in [6.45, 7) is 0.957. The van der Waals surface area contributed by atoms with E-state index < -0.39 is 6.16 Å². The first-order valence-electron chi connectivity index (χ1n) is 3.16. The van der Waals surface area contributed by atoms with E-state index in [-0.39, 0.29) is 37.7 Å². The summed E-state index contributed by atoms with van der Waals surface area (Å²) in [4.78, 5) is 20.6. The maximum absolute atomic E-state index is 10.5. The zero-order valence-electron chi connectivity index (χ0n) is 8.20. The van der Waals surface area contributed by atoms with Gasteiger partial charge in [-0.05, 0) is 12.6 Å². The summed E-state index contributed by atoms with van der Waals surface area (Å²) in [5.74, 6) is 0.292. The topological polar surface area (TPSA) is 83.5 Å². The predicted molar refractivity (Wildman–Crippen MR) is 32.3 cm³/mol. The predicted octanol–water partition coefficient (Wildman–Crippen LogP) is -8.20. The van der Waals surface area contributed by atoms with Gasteiger partial charge in [0.15, 0.2) is 0 Å². The van der Waals surface area contributed by atoms with Gasteiger partial charge in [-0.3, -0.25) is 4.79 Å². The molecule has 0 N–H and O–H groups in total. The summed E-state index contributed by atoms with van der Waals surface area (Å²) in [6, 6.07) is 0. The molecule has 5 nitrogen and oxygen atoms in total. The molecule has 1 fully saturated rings. The second-order valence-corrected chi connectivity index (χ2v) is 2.17. The first kappa shape index (κ1) is 18.7. The van der Waals surface area contributed by atoms with E-state index in [4.69, 9.17) is 15.0 Å². The summed E-state index contributed by atoms with van der Waals surface area (Å²) < 4.78 is 0. The fourth-order valence-corrected chi connectivity index (χ4v) is 0.783. The van der Waals surface area contributed by atoms with Crippen LogP contribution in [0.15, 0.2) is 0 Å². The molecule has 0 bridgehead atoms. The maximum Gasteiger partial charge on any atom is 1.00 e. The molecule has 0 aliphatic carbocycles. The number of likely N-dealkylation sites (tertiary alicyclic amines) is 1. The van der Waals surface area contributed by atoms with Crippen LogP contribution in [-0.4, -0.2) is 30.6 Å². The van der Waals surface area contributed by atoms with Crippen molar-refractivity contribution in [3.8, 4) is 0 Å². The van der Waals surface area contributed by atoms with Gasteiger partial charge in [0.1, 0.15) is 0 Å². The molecule has 1 saturated heterocycles.